The quantitative estimate of drug-likeness (QED) is 0.513. The number of alkyl carbamates (subject to hydrolysis) is 1. The minimum absolute atomic E-state index is 0.0748. The minimum Gasteiger partial charge on any atom is -0.444 e. The van der Waals surface area contributed by atoms with Gasteiger partial charge in [-0.15, -0.1) is 0 Å². The lowest BCUT2D eigenvalue weighted by Crippen LogP contribution is -2.51. The van der Waals surface area contributed by atoms with Gasteiger partial charge in [-0.05, 0) is 38.5 Å². The highest BCUT2D eigenvalue weighted by atomic mass is 16.6. The van der Waals surface area contributed by atoms with E-state index in [2.05, 4.69) is 30.5 Å². The summed E-state index contributed by atoms with van der Waals surface area (Å²) in [5.41, 5.74) is 3.35. The van der Waals surface area contributed by atoms with E-state index in [0.717, 1.165) is 28.0 Å². The highest BCUT2D eigenvalue weighted by Gasteiger charge is 2.24. The Morgan fingerprint density at radius 1 is 1.15 bits per heavy atom. The average molecular weight is 466 g/mol. The Balaban J connectivity index is 1.37. The first-order valence-corrected chi connectivity index (χ1v) is 11.4. The number of fused-ring (bicyclic) bond motifs is 1. The van der Waals surface area contributed by atoms with Crippen LogP contribution < -0.4 is 15.5 Å². The molecule has 1 aliphatic heterocycles. The molecule has 4 heterocycles. The van der Waals surface area contributed by atoms with Gasteiger partial charge in [0.2, 0.25) is 5.91 Å². The third-order valence-electron chi connectivity index (χ3n) is 5.51. The van der Waals surface area contributed by atoms with Gasteiger partial charge in [0.05, 0.1) is 16.8 Å². The fourth-order valence-corrected chi connectivity index (χ4v) is 3.91. The summed E-state index contributed by atoms with van der Waals surface area (Å²) in [5.74, 6) is -0.120. The normalized spacial score (nSPS) is 14.2. The van der Waals surface area contributed by atoms with Gasteiger partial charge in [-0.1, -0.05) is 6.07 Å². The number of hydrogen-bond acceptors (Lipinski definition) is 7. The molecule has 4 rings (SSSR count). The summed E-state index contributed by atoms with van der Waals surface area (Å²) in [4.78, 5) is 40.3. The highest BCUT2D eigenvalue weighted by molar-refractivity contribution is 6.00. The van der Waals surface area contributed by atoms with Crippen LogP contribution in [0.2, 0.25) is 0 Å². The Labute approximate surface area is 198 Å². The first-order chi connectivity index (χ1) is 16.3. The van der Waals surface area contributed by atoms with E-state index < -0.39 is 11.7 Å². The summed E-state index contributed by atoms with van der Waals surface area (Å²) in [7, 11) is 0. The number of aromatic nitrogens is 3. The third-order valence-corrected chi connectivity index (χ3v) is 5.51. The van der Waals surface area contributed by atoms with E-state index in [1.807, 2.05) is 30.6 Å². The maximum atomic E-state index is 12.6. The van der Waals surface area contributed by atoms with Crippen LogP contribution in [-0.2, 0) is 16.1 Å². The topological polar surface area (TPSA) is 115 Å². The predicted molar refractivity (Wildman–Crippen MR) is 131 cm³/mol. The second-order valence-electron chi connectivity index (χ2n) is 9.19. The number of piperazine rings is 1. The maximum Gasteiger partial charge on any atom is 0.408 e. The number of nitrogens with zero attached hydrogens (tertiary/aromatic N) is 4. The van der Waals surface area contributed by atoms with E-state index in [-0.39, 0.29) is 12.5 Å². The van der Waals surface area contributed by atoms with Crippen LogP contribution in [-0.4, -0.2) is 70.2 Å². The smallest absolute Gasteiger partial charge is 0.408 e. The summed E-state index contributed by atoms with van der Waals surface area (Å²) in [6.07, 6.45) is 6.74. The van der Waals surface area contributed by atoms with E-state index in [1.54, 1.807) is 38.1 Å². The molecule has 0 radical (unpaired) electrons. The molecule has 1 aliphatic rings. The SMILES string of the molecule is CC(C)(C)OC(=O)NCC(=O)N1CCN(c2ccnc3[nH]cc(NCc4cccnc4)c23)CC1. The van der Waals surface area contributed by atoms with Gasteiger partial charge in [-0.3, -0.25) is 9.78 Å². The second kappa shape index (κ2) is 9.98. The molecule has 0 spiro atoms. The molecule has 0 aliphatic carbocycles. The van der Waals surface area contributed by atoms with Crippen molar-refractivity contribution in [3.63, 3.8) is 0 Å². The Bertz CT molecular complexity index is 1130. The monoisotopic (exact) mass is 465 g/mol. The molecule has 0 saturated carbocycles. The van der Waals surface area contributed by atoms with E-state index in [0.29, 0.717) is 32.7 Å². The molecule has 3 aromatic rings. The molecule has 2 amide bonds. The van der Waals surface area contributed by atoms with Crippen LogP contribution in [0.15, 0.2) is 43.0 Å². The lowest BCUT2D eigenvalue weighted by molar-refractivity contribution is -0.130. The van der Waals surface area contributed by atoms with Gasteiger partial charge < -0.3 is 30.2 Å². The zero-order valence-electron chi connectivity index (χ0n) is 19.8. The van der Waals surface area contributed by atoms with Gasteiger partial charge >= 0.3 is 6.09 Å². The van der Waals surface area contributed by atoms with Crippen molar-refractivity contribution in [1.82, 2.24) is 25.2 Å². The molecule has 180 valence electrons. The summed E-state index contributed by atoms with van der Waals surface area (Å²) in [5, 5.41) is 7.05. The van der Waals surface area contributed by atoms with Crippen LogP contribution in [0.1, 0.15) is 26.3 Å². The van der Waals surface area contributed by atoms with E-state index in [1.165, 1.54) is 0 Å². The molecule has 34 heavy (non-hydrogen) atoms. The van der Waals surface area contributed by atoms with Crippen molar-refractivity contribution in [3.8, 4) is 0 Å². The molecule has 3 aromatic heterocycles. The molecule has 1 fully saturated rings. The van der Waals surface area contributed by atoms with Gasteiger partial charge in [0, 0.05) is 57.5 Å². The Kier molecular flexibility index (Phi) is 6.85. The number of pyridine rings is 2. The standard InChI is InChI=1S/C24H31N7O3/c1-24(2,3)34-23(33)29-16-20(32)31-11-9-30(10-12-31)19-6-8-26-22-21(19)18(15-28-22)27-14-17-5-4-7-25-13-17/h4-8,13,15,27H,9-12,14,16H2,1-3H3,(H,26,28)(H,29,33). The second-order valence-corrected chi connectivity index (χ2v) is 9.19. The van der Waals surface area contributed by atoms with Crippen LogP contribution >= 0.6 is 0 Å². The van der Waals surface area contributed by atoms with E-state index in [9.17, 15) is 9.59 Å². The Hall–Kier alpha value is -3.82. The molecule has 0 bridgehead atoms. The first-order valence-electron chi connectivity index (χ1n) is 11.4. The number of anilines is 2. The lowest BCUT2D eigenvalue weighted by atomic mass is 10.2. The Morgan fingerprint density at radius 2 is 1.94 bits per heavy atom. The molecule has 10 heteroatoms. The van der Waals surface area contributed by atoms with Gasteiger partial charge in [0.25, 0.3) is 0 Å². The van der Waals surface area contributed by atoms with Crippen molar-refractivity contribution in [2.75, 3.05) is 42.9 Å². The highest BCUT2D eigenvalue weighted by Crippen LogP contribution is 2.32. The predicted octanol–water partition coefficient (Wildman–Crippen LogP) is 2.74. The third kappa shape index (κ3) is 5.75. The number of ether oxygens (including phenoxy) is 1. The van der Waals surface area contributed by atoms with Crippen molar-refractivity contribution in [2.45, 2.75) is 32.9 Å². The average Bonchev–Trinajstić information content (AvgIpc) is 3.24. The van der Waals surface area contributed by atoms with Crippen LogP contribution in [0.3, 0.4) is 0 Å². The number of amides is 2. The summed E-state index contributed by atoms with van der Waals surface area (Å²) >= 11 is 0. The largest absolute Gasteiger partial charge is 0.444 e. The van der Waals surface area contributed by atoms with Crippen molar-refractivity contribution in [3.05, 3.63) is 48.5 Å². The lowest BCUT2D eigenvalue weighted by Gasteiger charge is -2.36. The van der Waals surface area contributed by atoms with E-state index in [4.69, 9.17) is 4.74 Å². The molecular weight excluding hydrogens is 434 g/mol. The number of H-pyrrole nitrogens is 1. The van der Waals surface area contributed by atoms with Crippen molar-refractivity contribution >= 4 is 34.4 Å². The molecule has 1 saturated heterocycles. The number of hydrogen-bond donors (Lipinski definition) is 3. The number of carbonyl (C=O) groups excluding carboxylic acids is 2. The zero-order chi connectivity index (χ0) is 24.1. The van der Waals surface area contributed by atoms with Crippen LogP contribution in [0.5, 0.6) is 0 Å². The number of nitrogens with one attached hydrogen (secondary N) is 3. The number of rotatable bonds is 6. The fourth-order valence-electron chi connectivity index (χ4n) is 3.91. The van der Waals surface area contributed by atoms with Gasteiger partial charge in [-0.25, -0.2) is 9.78 Å². The summed E-state index contributed by atoms with van der Waals surface area (Å²) in [6, 6.07) is 5.96. The number of carbonyl (C=O) groups is 2. The molecule has 10 nitrogen and oxygen atoms in total. The van der Waals surface area contributed by atoms with Gasteiger partial charge in [0.15, 0.2) is 0 Å². The van der Waals surface area contributed by atoms with Crippen LogP contribution in [0, 0.1) is 0 Å². The van der Waals surface area contributed by atoms with Gasteiger partial charge in [-0.2, -0.15) is 0 Å². The van der Waals surface area contributed by atoms with Crippen molar-refractivity contribution in [1.29, 1.82) is 0 Å². The summed E-state index contributed by atoms with van der Waals surface area (Å²) < 4.78 is 5.20. The Morgan fingerprint density at radius 3 is 2.65 bits per heavy atom. The van der Waals surface area contributed by atoms with E-state index >= 15 is 0 Å². The first kappa shape index (κ1) is 23.3. The molecule has 0 atom stereocenters. The maximum absolute atomic E-state index is 12.6. The summed E-state index contributed by atoms with van der Waals surface area (Å²) in [6.45, 7) is 8.45. The van der Waals surface area contributed by atoms with Crippen molar-refractivity contribution < 1.29 is 14.3 Å². The van der Waals surface area contributed by atoms with Crippen LogP contribution in [0.4, 0.5) is 16.2 Å². The van der Waals surface area contributed by atoms with Crippen molar-refractivity contribution in [2.24, 2.45) is 0 Å². The molecule has 0 unspecified atom stereocenters. The number of aromatic amines is 1. The molecule has 3 N–H and O–H groups in total. The van der Waals surface area contributed by atoms with Crippen LogP contribution in [0.25, 0.3) is 11.0 Å². The molecular formula is C24H31N7O3. The fraction of sp³-hybridized carbons (Fsp3) is 0.417. The molecule has 0 aromatic carbocycles. The minimum atomic E-state index is -0.599. The van der Waals surface area contributed by atoms with Gasteiger partial charge in [0.1, 0.15) is 17.8 Å². The zero-order valence-corrected chi connectivity index (χ0v) is 19.8.